The van der Waals surface area contributed by atoms with Crippen LogP contribution in [0.25, 0.3) is 0 Å². The number of aliphatic hydroxyl groups excluding tert-OH is 1. The fraction of sp³-hybridized carbons (Fsp3) is 0.455. The Morgan fingerprint density at radius 1 is 1.11 bits per heavy atom. The van der Waals surface area contributed by atoms with Crippen LogP contribution in [0.5, 0.6) is 5.75 Å². The molecule has 3 rings (SSSR count). The highest BCUT2D eigenvalue weighted by atomic mass is 32.2. The number of fused-ring (bicyclic) bond motifs is 1. The van der Waals surface area contributed by atoms with Gasteiger partial charge in [-0.3, -0.25) is 0 Å². The third kappa shape index (κ3) is 3.63. The molecule has 146 valence electrons. The molecule has 1 aliphatic heterocycles. The molecular weight excluding hydrogens is 360 g/mol. The normalized spacial score (nSPS) is 26.9. The number of rotatable bonds is 5. The summed E-state index contributed by atoms with van der Waals surface area (Å²) in [6, 6.07) is 14.1. The van der Waals surface area contributed by atoms with Crippen molar-refractivity contribution in [3.8, 4) is 5.75 Å². The second kappa shape index (κ2) is 7.64. The highest BCUT2D eigenvalue weighted by molar-refractivity contribution is 7.91. The quantitative estimate of drug-likeness (QED) is 0.803. The van der Waals surface area contributed by atoms with Crippen LogP contribution in [-0.4, -0.2) is 30.5 Å². The Kier molecular flexibility index (Phi) is 5.63. The number of sulfone groups is 1. The molecule has 0 saturated heterocycles. The maximum atomic E-state index is 13.3. The van der Waals surface area contributed by atoms with Gasteiger partial charge in [-0.05, 0) is 36.1 Å². The molecule has 0 fully saturated rings. The van der Waals surface area contributed by atoms with Gasteiger partial charge in [0.2, 0.25) is 0 Å². The summed E-state index contributed by atoms with van der Waals surface area (Å²) in [4.78, 5) is 0.141. The third-order valence-electron chi connectivity index (χ3n) is 5.98. The number of benzene rings is 2. The number of hydrogen-bond donors (Lipinski definition) is 2. The average molecular weight is 389 g/mol. The predicted octanol–water partition coefficient (Wildman–Crippen LogP) is 4.26. The van der Waals surface area contributed by atoms with Crippen LogP contribution in [0.15, 0.2) is 53.4 Å². The summed E-state index contributed by atoms with van der Waals surface area (Å²) in [5, 5.41) is 21.5. The van der Waals surface area contributed by atoms with Gasteiger partial charge in [0.1, 0.15) is 5.75 Å². The zero-order valence-electron chi connectivity index (χ0n) is 15.9. The van der Waals surface area contributed by atoms with Crippen molar-refractivity contribution in [3.63, 3.8) is 0 Å². The molecule has 0 amide bonds. The SMILES string of the molecule is CCCC[C@]1(CC)CS(=O)(=O)c2cc(O)ccc2[C@H](c2ccccc2)[C@@H]1O. The Bertz CT molecular complexity index is 892. The Labute approximate surface area is 161 Å². The van der Waals surface area contributed by atoms with Gasteiger partial charge in [0.05, 0.1) is 16.8 Å². The summed E-state index contributed by atoms with van der Waals surface area (Å²) in [6.07, 6.45) is 2.22. The van der Waals surface area contributed by atoms with Gasteiger partial charge in [0.15, 0.2) is 9.84 Å². The number of hydrogen-bond acceptors (Lipinski definition) is 4. The first-order valence-electron chi connectivity index (χ1n) is 9.63. The molecule has 27 heavy (non-hydrogen) atoms. The van der Waals surface area contributed by atoms with E-state index in [1.54, 1.807) is 6.07 Å². The molecular formula is C22H28O4S. The molecule has 4 nitrogen and oxygen atoms in total. The fourth-order valence-electron chi connectivity index (χ4n) is 4.37. The topological polar surface area (TPSA) is 74.6 Å². The van der Waals surface area contributed by atoms with Gasteiger partial charge in [-0.15, -0.1) is 0 Å². The molecule has 5 heteroatoms. The van der Waals surface area contributed by atoms with Gasteiger partial charge in [0.25, 0.3) is 0 Å². The van der Waals surface area contributed by atoms with Gasteiger partial charge in [-0.25, -0.2) is 8.42 Å². The molecule has 0 unspecified atom stereocenters. The first-order chi connectivity index (χ1) is 12.8. The summed E-state index contributed by atoms with van der Waals surface area (Å²) in [6.45, 7) is 4.03. The van der Waals surface area contributed by atoms with E-state index in [1.807, 2.05) is 37.3 Å². The second-order valence-electron chi connectivity index (χ2n) is 7.63. The number of phenolic OH excluding ortho intramolecular Hbond substituents is 1. The van der Waals surface area contributed by atoms with Crippen LogP contribution in [0.3, 0.4) is 0 Å². The molecule has 0 bridgehead atoms. The second-order valence-corrected chi connectivity index (χ2v) is 9.59. The molecule has 1 heterocycles. The average Bonchev–Trinajstić information content (AvgIpc) is 2.73. The summed E-state index contributed by atoms with van der Waals surface area (Å²) >= 11 is 0. The maximum absolute atomic E-state index is 13.3. The lowest BCUT2D eigenvalue weighted by molar-refractivity contribution is 0.0174. The van der Waals surface area contributed by atoms with E-state index < -0.39 is 27.3 Å². The first kappa shape index (κ1) is 19.9. The summed E-state index contributed by atoms with van der Waals surface area (Å²) in [7, 11) is -3.64. The molecule has 1 aliphatic rings. The van der Waals surface area contributed by atoms with Crippen LogP contribution >= 0.6 is 0 Å². The Morgan fingerprint density at radius 2 is 1.81 bits per heavy atom. The smallest absolute Gasteiger partial charge is 0.179 e. The van der Waals surface area contributed by atoms with Crippen LogP contribution in [0.1, 0.15) is 56.6 Å². The largest absolute Gasteiger partial charge is 0.508 e. The minimum atomic E-state index is -3.64. The molecule has 0 aliphatic carbocycles. The van der Waals surface area contributed by atoms with Crippen molar-refractivity contribution in [1.82, 2.24) is 0 Å². The van der Waals surface area contributed by atoms with E-state index in [0.717, 1.165) is 18.4 Å². The van der Waals surface area contributed by atoms with Crippen molar-refractivity contribution in [2.45, 2.75) is 56.4 Å². The Balaban J connectivity index is 2.28. The summed E-state index contributed by atoms with van der Waals surface area (Å²) in [5.41, 5.74) is 0.742. The van der Waals surface area contributed by atoms with Crippen molar-refractivity contribution in [2.24, 2.45) is 5.41 Å². The molecule has 2 aromatic rings. The van der Waals surface area contributed by atoms with E-state index in [2.05, 4.69) is 6.92 Å². The zero-order valence-corrected chi connectivity index (χ0v) is 16.7. The molecule has 2 aromatic carbocycles. The van der Waals surface area contributed by atoms with E-state index in [0.29, 0.717) is 18.4 Å². The lowest BCUT2D eigenvalue weighted by Gasteiger charge is -2.39. The summed E-state index contributed by atoms with van der Waals surface area (Å²) in [5.74, 6) is -0.621. The van der Waals surface area contributed by atoms with Gasteiger partial charge >= 0.3 is 0 Å². The van der Waals surface area contributed by atoms with E-state index >= 15 is 0 Å². The lowest BCUT2D eigenvalue weighted by atomic mass is 9.69. The van der Waals surface area contributed by atoms with E-state index in [1.165, 1.54) is 12.1 Å². The molecule has 2 N–H and O–H groups in total. The van der Waals surface area contributed by atoms with Crippen LogP contribution in [0.2, 0.25) is 0 Å². The van der Waals surface area contributed by atoms with Crippen LogP contribution < -0.4 is 0 Å². The highest BCUT2D eigenvalue weighted by Crippen LogP contribution is 2.49. The minimum absolute atomic E-state index is 0.0730. The van der Waals surface area contributed by atoms with Gasteiger partial charge in [-0.2, -0.15) is 0 Å². The lowest BCUT2D eigenvalue weighted by Crippen LogP contribution is -2.42. The predicted molar refractivity (Wildman–Crippen MR) is 107 cm³/mol. The van der Waals surface area contributed by atoms with Gasteiger partial charge < -0.3 is 10.2 Å². The van der Waals surface area contributed by atoms with Gasteiger partial charge in [-0.1, -0.05) is 63.1 Å². The number of aromatic hydroxyl groups is 1. The molecule has 0 spiro atoms. The maximum Gasteiger partial charge on any atom is 0.179 e. The number of phenols is 1. The third-order valence-corrected chi connectivity index (χ3v) is 7.96. The van der Waals surface area contributed by atoms with Crippen molar-refractivity contribution in [1.29, 1.82) is 0 Å². The van der Waals surface area contributed by atoms with Gasteiger partial charge in [0, 0.05) is 11.3 Å². The molecule has 3 atom stereocenters. The van der Waals surface area contributed by atoms with Crippen LogP contribution in [0, 0.1) is 5.41 Å². The Hall–Kier alpha value is -1.85. The zero-order chi connectivity index (χ0) is 19.7. The minimum Gasteiger partial charge on any atom is -0.508 e. The Morgan fingerprint density at radius 3 is 2.44 bits per heavy atom. The molecule has 0 aromatic heterocycles. The van der Waals surface area contributed by atoms with Crippen molar-refractivity contribution < 1.29 is 18.6 Å². The molecule has 0 saturated carbocycles. The monoisotopic (exact) mass is 388 g/mol. The van der Waals surface area contributed by atoms with Crippen molar-refractivity contribution in [3.05, 3.63) is 59.7 Å². The molecule has 0 radical (unpaired) electrons. The van der Waals surface area contributed by atoms with E-state index in [-0.39, 0.29) is 16.4 Å². The first-order valence-corrected chi connectivity index (χ1v) is 11.3. The number of unbranched alkanes of at least 4 members (excludes halogenated alkanes) is 1. The fourth-order valence-corrected chi connectivity index (χ4v) is 6.66. The van der Waals surface area contributed by atoms with Crippen LogP contribution in [0.4, 0.5) is 0 Å². The summed E-state index contributed by atoms with van der Waals surface area (Å²) < 4.78 is 26.6. The standard InChI is InChI=1S/C22H28O4S/c1-3-5-13-22(4-2)15-27(25,26)19-14-17(23)11-12-18(19)20(21(22)24)16-9-7-6-8-10-16/h6-12,14,20-21,23-24H,3-5,13,15H2,1-2H3/t20-,21-,22+/m0/s1. The van der Waals surface area contributed by atoms with E-state index in [9.17, 15) is 18.6 Å². The van der Waals surface area contributed by atoms with Crippen molar-refractivity contribution >= 4 is 9.84 Å². The van der Waals surface area contributed by atoms with E-state index in [4.69, 9.17) is 0 Å². The van der Waals surface area contributed by atoms with Crippen molar-refractivity contribution in [2.75, 3.05) is 5.75 Å². The number of aliphatic hydroxyl groups is 1. The van der Waals surface area contributed by atoms with Crippen LogP contribution in [-0.2, 0) is 9.84 Å². The highest BCUT2D eigenvalue weighted by Gasteiger charge is 2.48.